The average molecular weight is 480 g/mol. The van der Waals surface area contributed by atoms with Crippen LogP contribution in [0.4, 0.5) is 4.79 Å². The number of aromatic nitrogens is 2. The number of ether oxygens (including phenoxy) is 1. The highest BCUT2D eigenvalue weighted by Gasteiger charge is 2.42. The Morgan fingerprint density at radius 1 is 1.17 bits per heavy atom. The van der Waals surface area contributed by atoms with Gasteiger partial charge in [-0.15, -0.1) is 0 Å². The van der Waals surface area contributed by atoms with E-state index >= 15 is 0 Å². The number of nitrogens with zero attached hydrogens (tertiary/aromatic N) is 3. The van der Waals surface area contributed by atoms with Crippen molar-refractivity contribution in [2.24, 2.45) is 0 Å². The van der Waals surface area contributed by atoms with Gasteiger partial charge in [0.15, 0.2) is 0 Å². The van der Waals surface area contributed by atoms with Gasteiger partial charge < -0.3 is 19.9 Å². The largest absolute Gasteiger partial charge is 0.444 e. The first-order valence-electron chi connectivity index (χ1n) is 13.4. The number of carbonyl (C=O) groups excluding carboxylic acids is 1. The Labute approximate surface area is 209 Å². The van der Waals surface area contributed by atoms with Gasteiger partial charge in [-0.05, 0) is 65.4 Å². The first kappa shape index (κ1) is 24.3. The Morgan fingerprint density at radius 3 is 2.57 bits per heavy atom. The number of alkyl carbamates (subject to hydrolysis) is 1. The van der Waals surface area contributed by atoms with Gasteiger partial charge >= 0.3 is 6.09 Å². The van der Waals surface area contributed by atoms with Gasteiger partial charge in [-0.1, -0.05) is 30.3 Å². The summed E-state index contributed by atoms with van der Waals surface area (Å²) in [5.74, 6) is 1.18. The van der Waals surface area contributed by atoms with Crippen molar-refractivity contribution in [3.63, 3.8) is 0 Å². The smallest absolute Gasteiger partial charge is 0.408 e. The molecule has 5 rings (SSSR count). The average Bonchev–Trinajstić information content (AvgIpc) is 3.26. The number of imidazole rings is 1. The molecule has 1 amide bonds. The summed E-state index contributed by atoms with van der Waals surface area (Å²) in [6.07, 6.45) is 6.49. The molecule has 2 N–H and O–H groups in total. The maximum Gasteiger partial charge on any atom is 0.408 e. The molecule has 2 aromatic rings. The number of hydrogen-bond acceptors (Lipinski definition) is 5. The normalized spacial score (nSPS) is 25.2. The van der Waals surface area contributed by atoms with Crippen LogP contribution in [0.25, 0.3) is 0 Å². The third-order valence-electron chi connectivity index (χ3n) is 7.89. The number of hydrogen-bond donors (Lipinski definition) is 2. The summed E-state index contributed by atoms with van der Waals surface area (Å²) in [6.45, 7) is 10.9. The molecule has 3 aliphatic heterocycles. The van der Waals surface area contributed by atoms with Gasteiger partial charge in [0.05, 0.1) is 17.4 Å². The molecule has 4 atom stereocenters. The number of aryl methyl sites for hydroxylation is 1. The molecule has 2 saturated heterocycles. The number of piperidine rings is 1. The van der Waals surface area contributed by atoms with E-state index in [1.165, 1.54) is 42.9 Å². The van der Waals surface area contributed by atoms with Gasteiger partial charge in [0.25, 0.3) is 0 Å². The Morgan fingerprint density at radius 2 is 1.89 bits per heavy atom. The van der Waals surface area contributed by atoms with E-state index in [1.807, 2.05) is 39.0 Å². The molecule has 0 radical (unpaired) electrons. The lowest BCUT2D eigenvalue weighted by Crippen LogP contribution is -2.45. The Hall–Kier alpha value is -2.38. The lowest BCUT2D eigenvalue weighted by molar-refractivity contribution is 0.0488. The lowest BCUT2D eigenvalue weighted by atomic mass is 9.95. The maximum atomic E-state index is 12.6. The summed E-state index contributed by atoms with van der Waals surface area (Å²) >= 11 is 0. The number of carbonyl (C=O) groups is 1. The van der Waals surface area contributed by atoms with E-state index < -0.39 is 5.60 Å². The molecular formula is C28H41N5O2. The first-order valence-corrected chi connectivity index (χ1v) is 13.4. The van der Waals surface area contributed by atoms with E-state index in [9.17, 15) is 4.79 Å². The van der Waals surface area contributed by atoms with Gasteiger partial charge in [-0.25, -0.2) is 9.78 Å². The van der Waals surface area contributed by atoms with E-state index in [4.69, 9.17) is 9.72 Å². The number of benzene rings is 1. The van der Waals surface area contributed by atoms with Crippen molar-refractivity contribution in [3.05, 3.63) is 53.1 Å². The summed E-state index contributed by atoms with van der Waals surface area (Å²) in [7, 11) is 0. The molecule has 0 aliphatic carbocycles. The van der Waals surface area contributed by atoms with Crippen LogP contribution in [-0.2, 0) is 17.7 Å². The zero-order valence-electron chi connectivity index (χ0n) is 21.7. The third kappa shape index (κ3) is 5.41. The Balaban J connectivity index is 1.26. The molecule has 3 aliphatic rings. The van der Waals surface area contributed by atoms with Crippen LogP contribution in [0.5, 0.6) is 0 Å². The quantitative estimate of drug-likeness (QED) is 0.631. The van der Waals surface area contributed by atoms with Gasteiger partial charge in [0, 0.05) is 44.2 Å². The lowest BCUT2D eigenvalue weighted by Gasteiger charge is -2.41. The maximum absolute atomic E-state index is 12.6. The minimum atomic E-state index is -0.507. The van der Waals surface area contributed by atoms with Gasteiger partial charge in [0.2, 0.25) is 0 Å². The Bertz CT molecular complexity index is 1010. The highest BCUT2D eigenvalue weighted by atomic mass is 16.6. The second-order valence-electron chi connectivity index (χ2n) is 11.5. The van der Waals surface area contributed by atoms with Crippen molar-refractivity contribution in [3.8, 4) is 0 Å². The van der Waals surface area contributed by atoms with Crippen LogP contribution in [0.3, 0.4) is 0 Å². The van der Waals surface area contributed by atoms with Crippen molar-refractivity contribution in [1.29, 1.82) is 0 Å². The summed E-state index contributed by atoms with van der Waals surface area (Å²) in [4.78, 5) is 20.2. The molecule has 35 heavy (non-hydrogen) atoms. The molecule has 2 fully saturated rings. The highest BCUT2D eigenvalue weighted by Crippen LogP contribution is 2.42. The molecule has 0 spiro atoms. The zero-order valence-corrected chi connectivity index (χ0v) is 21.7. The predicted molar refractivity (Wildman–Crippen MR) is 137 cm³/mol. The second kappa shape index (κ2) is 9.94. The summed E-state index contributed by atoms with van der Waals surface area (Å²) in [5.41, 5.74) is 3.34. The minimum Gasteiger partial charge on any atom is -0.444 e. The number of nitrogens with one attached hydrogen (secondary N) is 2. The van der Waals surface area contributed by atoms with Crippen LogP contribution < -0.4 is 10.6 Å². The molecule has 1 aromatic carbocycles. The van der Waals surface area contributed by atoms with Crippen LogP contribution >= 0.6 is 0 Å². The van der Waals surface area contributed by atoms with Crippen molar-refractivity contribution in [2.45, 2.75) is 103 Å². The number of fused-ring (bicyclic) bond motifs is 3. The van der Waals surface area contributed by atoms with Crippen LogP contribution in [0.15, 0.2) is 30.3 Å². The van der Waals surface area contributed by atoms with Gasteiger partial charge in [-0.3, -0.25) is 4.90 Å². The fraction of sp³-hybridized carbons (Fsp3) is 0.643. The van der Waals surface area contributed by atoms with Gasteiger partial charge in [0.1, 0.15) is 11.4 Å². The van der Waals surface area contributed by atoms with E-state index in [1.54, 1.807) is 0 Å². The third-order valence-corrected chi connectivity index (χ3v) is 7.89. The van der Waals surface area contributed by atoms with E-state index in [-0.39, 0.29) is 12.1 Å². The van der Waals surface area contributed by atoms with E-state index in [0.29, 0.717) is 18.1 Å². The second-order valence-corrected chi connectivity index (χ2v) is 11.5. The highest BCUT2D eigenvalue weighted by molar-refractivity contribution is 5.68. The zero-order chi connectivity index (χ0) is 24.6. The standard InChI is InChI=1S/C28H41N5O2/c1-19-30-25-12-14-29-18-26(25)33(19)23-16-21-10-11-22(17-23)32(21)15-13-24(20-8-6-5-7-9-20)31-27(34)35-28(2,3)4/h5-9,21-24,29H,10-18H2,1-4H3,(H,31,34)/t21-,22+,23?,24-/m0/s1. The van der Waals surface area contributed by atoms with E-state index in [0.717, 1.165) is 38.0 Å². The predicted octanol–water partition coefficient (Wildman–Crippen LogP) is 4.66. The van der Waals surface area contributed by atoms with Crippen molar-refractivity contribution < 1.29 is 9.53 Å². The SMILES string of the molecule is Cc1nc2c(n1C1C[C@H]3CC[C@@H](C1)N3CC[C@H](NC(=O)OC(C)(C)C)c1ccccc1)CNCC2. The molecular weight excluding hydrogens is 438 g/mol. The van der Waals surface area contributed by atoms with Crippen molar-refractivity contribution in [2.75, 3.05) is 13.1 Å². The molecule has 1 aromatic heterocycles. The van der Waals surface area contributed by atoms with Crippen LogP contribution in [0.1, 0.15) is 87.7 Å². The molecule has 7 heteroatoms. The monoisotopic (exact) mass is 479 g/mol. The fourth-order valence-corrected chi connectivity index (χ4v) is 6.49. The molecule has 2 bridgehead atoms. The van der Waals surface area contributed by atoms with Crippen LogP contribution in [0.2, 0.25) is 0 Å². The number of amides is 1. The fourth-order valence-electron chi connectivity index (χ4n) is 6.49. The van der Waals surface area contributed by atoms with Gasteiger partial charge in [-0.2, -0.15) is 0 Å². The summed E-state index contributed by atoms with van der Waals surface area (Å²) in [5, 5.41) is 6.69. The topological polar surface area (TPSA) is 71.4 Å². The first-order chi connectivity index (χ1) is 16.8. The van der Waals surface area contributed by atoms with Crippen molar-refractivity contribution in [1.82, 2.24) is 25.1 Å². The molecule has 190 valence electrons. The van der Waals surface area contributed by atoms with Crippen molar-refractivity contribution >= 4 is 6.09 Å². The van der Waals surface area contributed by atoms with Crippen LogP contribution in [0, 0.1) is 6.92 Å². The van der Waals surface area contributed by atoms with E-state index in [2.05, 4.69) is 39.2 Å². The molecule has 7 nitrogen and oxygen atoms in total. The summed E-state index contributed by atoms with van der Waals surface area (Å²) in [6, 6.07) is 12.0. The molecule has 4 heterocycles. The molecule has 0 saturated carbocycles. The number of rotatable bonds is 6. The molecule has 1 unspecified atom stereocenters. The van der Waals surface area contributed by atoms with Crippen LogP contribution in [-0.4, -0.2) is 51.3 Å². The minimum absolute atomic E-state index is 0.0582. The Kier molecular flexibility index (Phi) is 6.91. The summed E-state index contributed by atoms with van der Waals surface area (Å²) < 4.78 is 8.13.